The number of likely N-dealkylation sites (N-methyl/N-ethyl adjacent to an activating group) is 2. The molecule has 0 aliphatic heterocycles. The molecule has 0 atom stereocenters. The van der Waals surface area contributed by atoms with E-state index in [1.807, 2.05) is 27.1 Å². The van der Waals surface area contributed by atoms with Crippen molar-refractivity contribution in [2.24, 2.45) is 0 Å². The van der Waals surface area contributed by atoms with Gasteiger partial charge in [-0.05, 0) is 19.5 Å². The first-order valence-corrected chi connectivity index (χ1v) is 4.47. The largest absolute Gasteiger partial charge is 0.374 e. The summed E-state index contributed by atoms with van der Waals surface area (Å²) in [6.45, 7) is 11.6. The van der Waals surface area contributed by atoms with Gasteiger partial charge >= 0.3 is 0 Å². The number of nitrogens with one attached hydrogen (secondary N) is 1. The van der Waals surface area contributed by atoms with Crippen LogP contribution in [0, 0.1) is 0 Å². The first kappa shape index (κ1) is 12.0. The first-order chi connectivity index (χ1) is 6.13. The highest BCUT2D eigenvalue weighted by molar-refractivity contribution is 5.27. The molecule has 0 fully saturated rings. The molecule has 0 heterocycles. The van der Waals surface area contributed by atoms with E-state index in [1.165, 1.54) is 0 Å². The van der Waals surface area contributed by atoms with E-state index in [0.717, 1.165) is 24.4 Å². The number of nitrogens with zero attached hydrogens (tertiary/aromatic N) is 1. The number of allylic oxidation sites excluding steroid dienone is 3. The molecule has 0 aromatic heterocycles. The molecule has 0 aliphatic rings. The molecule has 13 heavy (non-hydrogen) atoms. The van der Waals surface area contributed by atoms with Gasteiger partial charge in [-0.2, -0.15) is 0 Å². The zero-order valence-corrected chi connectivity index (χ0v) is 8.93. The Morgan fingerprint density at radius 2 is 2.15 bits per heavy atom. The summed E-state index contributed by atoms with van der Waals surface area (Å²) in [5.41, 5.74) is 2.21. The predicted molar refractivity (Wildman–Crippen MR) is 59.7 cm³/mol. The Hall–Kier alpha value is -1.02. The van der Waals surface area contributed by atoms with Crippen molar-refractivity contribution in [2.75, 3.05) is 27.2 Å². The molecule has 2 heteroatoms. The lowest BCUT2D eigenvalue weighted by Crippen LogP contribution is -2.26. The Kier molecular flexibility index (Phi) is 5.98. The number of hydrogen-bond donors (Lipinski definition) is 1. The van der Waals surface area contributed by atoms with Crippen LogP contribution in [0.4, 0.5) is 0 Å². The van der Waals surface area contributed by atoms with Crippen LogP contribution in [0.2, 0.25) is 0 Å². The van der Waals surface area contributed by atoms with Crippen molar-refractivity contribution >= 4 is 0 Å². The lowest BCUT2D eigenvalue weighted by Gasteiger charge is -2.21. The summed E-state index contributed by atoms with van der Waals surface area (Å²) in [6, 6.07) is 0. The molecule has 0 unspecified atom stereocenters. The Labute approximate surface area is 81.6 Å². The molecule has 0 aromatic rings. The smallest absolute Gasteiger partial charge is 0.0320 e. The summed E-state index contributed by atoms with van der Waals surface area (Å²) in [5.74, 6) is 0. The van der Waals surface area contributed by atoms with Crippen molar-refractivity contribution in [3.63, 3.8) is 0 Å². The molecule has 0 spiro atoms. The van der Waals surface area contributed by atoms with Gasteiger partial charge in [-0.25, -0.2) is 0 Å². The third-order valence-corrected chi connectivity index (χ3v) is 1.98. The molecule has 0 bridgehead atoms. The van der Waals surface area contributed by atoms with Crippen LogP contribution in [0.5, 0.6) is 0 Å². The third kappa shape index (κ3) is 4.53. The molecule has 0 radical (unpaired) electrons. The molecule has 1 N–H and O–H groups in total. The number of rotatable bonds is 6. The van der Waals surface area contributed by atoms with Crippen molar-refractivity contribution in [1.29, 1.82) is 0 Å². The fourth-order valence-electron chi connectivity index (χ4n) is 0.988. The summed E-state index contributed by atoms with van der Waals surface area (Å²) < 4.78 is 0. The quantitative estimate of drug-likeness (QED) is 0.627. The molecular formula is C11H20N2. The van der Waals surface area contributed by atoms with Gasteiger partial charge in [0.15, 0.2) is 0 Å². The second kappa shape index (κ2) is 6.49. The summed E-state index contributed by atoms with van der Waals surface area (Å²) in [7, 11) is 3.99. The van der Waals surface area contributed by atoms with Crippen molar-refractivity contribution in [2.45, 2.75) is 6.92 Å². The van der Waals surface area contributed by atoms with Crippen LogP contribution in [0.25, 0.3) is 0 Å². The minimum Gasteiger partial charge on any atom is -0.374 e. The molecule has 0 saturated heterocycles. The highest BCUT2D eigenvalue weighted by Gasteiger charge is 2.01. The van der Waals surface area contributed by atoms with Crippen LogP contribution < -0.4 is 5.32 Å². The monoisotopic (exact) mass is 180 g/mol. The Bertz CT molecular complexity index is 204. The lowest BCUT2D eigenvalue weighted by atomic mass is 10.2. The second-order valence-electron chi connectivity index (χ2n) is 3.06. The van der Waals surface area contributed by atoms with E-state index in [-0.39, 0.29) is 0 Å². The van der Waals surface area contributed by atoms with Gasteiger partial charge in [0.05, 0.1) is 0 Å². The minimum absolute atomic E-state index is 0.969. The molecule has 2 nitrogen and oxygen atoms in total. The molecule has 0 amide bonds. The fourth-order valence-corrected chi connectivity index (χ4v) is 0.988. The van der Waals surface area contributed by atoms with E-state index in [2.05, 4.69) is 23.4 Å². The molecule has 0 rings (SSSR count). The fraction of sp³-hybridized carbons (Fsp3) is 0.455. The van der Waals surface area contributed by atoms with E-state index < -0.39 is 0 Å². The SMILES string of the molecule is C=C/C=C(/C)C(=C)N(C)CCNC. The topological polar surface area (TPSA) is 15.3 Å². The van der Waals surface area contributed by atoms with E-state index in [1.54, 1.807) is 6.08 Å². The summed E-state index contributed by atoms with van der Waals surface area (Å²) in [6.07, 6.45) is 3.75. The van der Waals surface area contributed by atoms with Crippen LogP contribution in [0.3, 0.4) is 0 Å². The van der Waals surface area contributed by atoms with Crippen LogP contribution in [-0.2, 0) is 0 Å². The van der Waals surface area contributed by atoms with Gasteiger partial charge in [0.1, 0.15) is 0 Å². The standard InChI is InChI=1S/C11H20N2/c1-6-7-10(2)11(3)13(5)9-8-12-4/h6-7,12H,1,3,8-9H2,2,4-5H3/b10-7-. The van der Waals surface area contributed by atoms with E-state index >= 15 is 0 Å². The highest BCUT2D eigenvalue weighted by Crippen LogP contribution is 2.09. The zero-order valence-electron chi connectivity index (χ0n) is 8.93. The molecule has 0 saturated carbocycles. The Morgan fingerprint density at radius 1 is 1.54 bits per heavy atom. The van der Waals surface area contributed by atoms with Gasteiger partial charge in [-0.15, -0.1) is 0 Å². The highest BCUT2D eigenvalue weighted by atomic mass is 15.1. The maximum Gasteiger partial charge on any atom is 0.0320 e. The van der Waals surface area contributed by atoms with E-state index in [9.17, 15) is 0 Å². The normalized spacial score (nSPS) is 11.2. The molecule has 0 aromatic carbocycles. The van der Waals surface area contributed by atoms with Crippen molar-refractivity contribution in [3.05, 3.63) is 36.6 Å². The lowest BCUT2D eigenvalue weighted by molar-refractivity contribution is 0.424. The molecule has 74 valence electrons. The second-order valence-corrected chi connectivity index (χ2v) is 3.06. The van der Waals surface area contributed by atoms with Gasteiger partial charge in [0, 0.05) is 25.8 Å². The predicted octanol–water partition coefficient (Wildman–Crippen LogP) is 1.78. The van der Waals surface area contributed by atoms with E-state index in [4.69, 9.17) is 0 Å². The Balaban J connectivity index is 4.09. The van der Waals surface area contributed by atoms with Crippen molar-refractivity contribution in [1.82, 2.24) is 10.2 Å². The van der Waals surface area contributed by atoms with E-state index in [0.29, 0.717) is 0 Å². The summed E-state index contributed by atoms with van der Waals surface area (Å²) in [4.78, 5) is 2.13. The first-order valence-electron chi connectivity index (χ1n) is 4.47. The van der Waals surface area contributed by atoms with Gasteiger partial charge in [0.2, 0.25) is 0 Å². The van der Waals surface area contributed by atoms with Crippen molar-refractivity contribution < 1.29 is 0 Å². The van der Waals surface area contributed by atoms with Gasteiger partial charge in [0.25, 0.3) is 0 Å². The summed E-state index contributed by atoms with van der Waals surface area (Å²) in [5, 5.41) is 3.10. The van der Waals surface area contributed by atoms with Gasteiger partial charge < -0.3 is 10.2 Å². The van der Waals surface area contributed by atoms with Crippen LogP contribution in [-0.4, -0.2) is 32.1 Å². The Morgan fingerprint density at radius 3 is 2.62 bits per heavy atom. The molecular weight excluding hydrogens is 160 g/mol. The molecule has 0 aliphatic carbocycles. The third-order valence-electron chi connectivity index (χ3n) is 1.98. The summed E-state index contributed by atoms with van der Waals surface area (Å²) >= 11 is 0. The van der Waals surface area contributed by atoms with Crippen LogP contribution in [0.1, 0.15) is 6.92 Å². The maximum absolute atomic E-state index is 4.01. The number of hydrogen-bond acceptors (Lipinski definition) is 2. The average molecular weight is 180 g/mol. The zero-order chi connectivity index (χ0) is 10.3. The van der Waals surface area contributed by atoms with Crippen LogP contribution in [0.15, 0.2) is 36.6 Å². The van der Waals surface area contributed by atoms with Crippen LogP contribution >= 0.6 is 0 Å². The minimum atomic E-state index is 0.969. The average Bonchev–Trinajstić information content (AvgIpc) is 2.13. The van der Waals surface area contributed by atoms with Gasteiger partial charge in [-0.1, -0.05) is 25.3 Å². The van der Waals surface area contributed by atoms with Gasteiger partial charge in [-0.3, -0.25) is 0 Å². The maximum atomic E-state index is 4.01. The van der Waals surface area contributed by atoms with Crippen molar-refractivity contribution in [3.8, 4) is 0 Å².